The maximum atomic E-state index is 11.9. The summed E-state index contributed by atoms with van der Waals surface area (Å²) in [5.74, 6) is 5.71. The van der Waals surface area contributed by atoms with Gasteiger partial charge in [0.15, 0.2) is 0 Å². The zero-order chi connectivity index (χ0) is 13.7. The topological polar surface area (TPSA) is 55.1 Å². The van der Waals surface area contributed by atoms with Crippen molar-refractivity contribution in [1.29, 1.82) is 0 Å². The Morgan fingerprint density at radius 3 is 2.95 bits per heavy atom. The molecule has 0 aliphatic heterocycles. The summed E-state index contributed by atoms with van der Waals surface area (Å²) in [7, 11) is 0. The number of rotatable bonds is 2. The Morgan fingerprint density at radius 1 is 1.42 bits per heavy atom. The molecule has 0 saturated carbocycles. The van der Waals surface area contributed by atoms with Gasteiger partial charge in [0, 0.05) is 16.6 Å². The van der Waals surface area contributed by atoms with E-state index < -0.39 is 0 Å². The summed E-state index contributed by atoms with van der Waals surface area (Å²) < 4.78 is 0. The Kier molecular flexibility index (Phi) is 4.35. The molecule has 0 radical (unpaired) electrons. The molecule has 3 N–H and O–H groups in total. The standard InChI is InChI=1S/C15H14N2OS/c1-11-4-5-14(9-12(11)3-2-7-16)17-15(18)13-6-8-19-10-13/h4-6,8-10H,7,16H2,1H3,(H,17,18). The fourth-order valence-corrected chi connectivity index (χ4v) is 2.21. The molecule has 0 saturated heterocycles. The van der Waals surface area contributed by atoms with Gasteiger partial charge in [0.25, 0.3) is 5.91 Å². The van der Waals surface area contributed by atoms with Gasteiger partial charge >= 0.3 is 0 Å². The molecule has 2 aromatic rings. The fourth-order valence-electron chi connectivity index (χ4n) is 1.58. The van der Waals surface area contributed by atoms with Gasteiger partial charge in [0.05, 0.1) is 12.1 Å². The molecule has 4 heteroatoms. The van der Waals surface area contributed by atoms with Crippen molar-refractivity contribution in [2.24, 2.45) is 5.73 Å². The van der Waals surface area contributed by atoms with Crippen molar-refractivity contribution in [2.45, 2.75) is 6.92 Å². The van der Waals surface area contributed by atoms with E-state index in [4.69, 9.17) is 5.73 Å². The van der Waals surface area contributed by atoms with Crippen LogP contribution in [0, 0.1) is 18.8 Å². The Bertz CT molecular complexity index is 636. The molecule has 0 unspecified atom stereocenters. The Morgan fingerprint density at radius 2 is 2.26 bits per heavy atom. The normalized spacial score (nSPS) is 9.58. The third kappa shape index (κ3) is 3.44. The number of carbonyl (C=O) groups excluding carboxylic acids is 1. The Balaban J connectivity index is 2.19. The Labute approximate surface area is 116 Å². The third-order valence-electron chi connectivity index (χ3n) is 2.60. The van der Waals surface area contributed by atoms with E-state index in [0.29, 0.717) is 12.1 Å². The number of carbonyl (C=O) groups is 1. The minimum atomic E-state index is -0.108. The molecule has 1 aromatic heterocycles. The van der Waals surface area contributed by atoms with Crippen LogP contribution >= 0.6 is 11.3 Å². The molecule has 0 atom stereocenters. The van der Waals surface area contributed by atoms with E-state index in [9.17, 15) is 4.79 Å². The highest BCUT2D eigenvalue weighted by molar-refractivity contribution is 7.08. The van der Waals surface area contributed by atoms with Crippen LogP contribution in [0.4, 0.5) is 5.69 Å². The molecule has 19 heavy (non-hydrogen) atoms. The summed E-state index contributed by atoms with van der Waals surface area (Å²) in [5.41, 5.74) is 8.72. The molecular formula is C15H14N2OS. The van der Waals surface area contributed by atoms with Crippen LogP contribution in [0.15, 0.2) is 35.0 Å². The van der Waals surface area contributed by atoms with Gasteiger partial charge < -0.3 is 11.1 Å². The van der Waals surface area contributed by atoms with E-state index in [1.807, 2.05) is 35.9 Å². The van der Waals surface area contributed by atoms with Gasteiger partial charge in [-0.2, -0.15) is 11.3 Å². The number of anilines is 1. The number of hydrogen-bond donors (Lipinski definition) is 2. The van der Waals surface area contributed by atoms with Crippen LogP contribution in [0.25, 0.3) is 0 Å². The molecule has 96 valence electrons. The van der Waals surface area contributed by atoms with Crippen molar-refractivity contribution in [3.8, 4) is 11.8 Å². The summed E-state index contributed by atoms with van der Waals surface area (Å²) in [6, 6.07) is 7.46. The van der Waals surface area contributed by atoms with Crippen molar-refractivity contribution in [1.82, 2.24) is 0 Å². The van der Waals surface area contributed by atoms with Gasteiger partial charge in [-0.25, -0.2) is 0 Å². The number of aryl methyl sites for hydroxylation is 1. The molecule has 0 bridgehead atoms. The smallest absolute Gasteiger partial charge is 0.256 e. The van der Waals surface area contributed by atoms with Gasteiger partial charge in [0.2, 0.25) is 0 Å². The van der Waals surface area contributed by atoms with Gasteiger partial charge in [-0.3, -0.25) is 4.79 Å². The van der Waals surface area contributed by atoms with Crippen molar-refractivity contribution < 1.29 is 4.79 Å². The minimum absolute atomic E-state index is 0.108. The van der Waals surface area contributed by atoms with Gasteiger partial charge in [-0.1, -0.05) is 17.9 Å². The molecule has 1 heterocycles. The molecule has 0 spiro atoms. The highest BCUT2D eigenvalue weighted by Gasteiger charge is 2.06. The largest absolute Gasteiger partial charge is 0.322 e. The second-order valence-electron chi connectivity index (χ2n) is 4.00. The van der Waals surface area contributed by atoms with Crippen LogP contribution in [-0.2, 0) is 0 Å². The predicted octanol–water partition coefficient (Wildman–Crippen LogP) is 2.62. The number of amides is 1. The lowest BCUT2D eigenvalue weighted by Crippen LogP contribution is -2.10. The number of benzene rings is 1. The molecule has 2 rings (SSSR count). The van der Waals surface area contributed by atoms with E-state index in [1.54, 1.807) is 6.07 Å². The third-order valence-corrected chi connectivity index (χ3v) is 3.29. The number of nitrogens with one attached hydrogen (secondary N) is 1. The van der Waals surface area contributed by atoms with Crippen LogP contribution in [0.5, 0.6) is 0 Å². The van der Waals surface area contributed by atoms with E-state index in [0.717, 1.165) is 16.8 Å². The van der Waals surface area contributed by atoms with E-state index in [1.165, 1.54) is 11.3 Å². The van der Waals surface area contributed by atoms with Crippen LogP contribution in [0.3, 0.4) is 0 Å². The van der Waals surface area contributed by atoms with Gasteiger partial charge in [-0.05, 0) is 36.1 Å². The van der Waals surface area contributed by atoms with Gasteiger partial charge in [0.1, 0.15) is 0 Å². The first kappa shape index (κ1) is 13.3. The average Bonchev–Trinajstić information content (AvgIpc) is 2.93. The lowest BCUT2D eigenvalue weighted by molar-refractivity contribution is 0.102. The SMILES string of the molecule is Cc1ccc(NC(=O)c2ccsc2)cc1C#CCN. The highest BCUT2D eigenvalue weighted by atomic mass is 32.1. The molecular weight excluding hydrogens is 256 g/mol. The van der Waals surface area contributed by atoms with Crippen LogP contribution < -0.4 is 11.1 Å². The summed E-state index contributed by atoms with van der Waals surface area (Å²) in [5, 5.41) is 6.55. The van der Waals surface area contributed by atoms with Crippen LogP contribution in [-0.4, -0.2) is 12.5 Å². The van der Waals surface area contributed by atoms with Crippen molar-refractivity contribution in [2.75, 3.05) is 11.9 Å². The lowest BCUT2D eigenvalue weighted by atomic mass is 10.1. The quantitative estimate of drug-likeness (QED) is 0.824. The summed E-state index contributed by atoms with van der Waals surface area (Å²) >= 11 is 1.50. The zero-order valence-electron chi connectivity index (χ0n) is 10.6. The van der Waals surface area contributed by atoms with Gasteiger partial charge in [-0.15, -0.1) is 0 Å². The molecule has 3 nitrogen and oxygen atoms in total. The van der Waals surface area contributed by atoms with E-state index in [-0.39, 0.29) is 5.91 Å². The zero-order valence-corrected chi connectivity index (χ0v) is 11.4. The maximum Gasteiger partial charge on any atom is 0.256 e. The summed E-state index contributed by atoms with van der Waals surface area (Å²) in [6.45, 7) is 2.30. The second-order valence-corrected chi connectivity index (χ2v) is 4.78. The van der Waals surface area contributed by atoms with Crippen molar-refractivity contribution in [3.63, 3.8) is 0 Å². The first-order valence-electron chi connectivity index (χ1n) is 5.84. The average molecular weight is 270 g/mol. The van der Waals surface area contributed by atoms with Crippen molar-refractivity contribution >= 4 is 22.9 Å². The minimum Gasteiger partial charge on any atom is -0.322 e. The fraction of sp³-hybridized carbons (Fsp3) is 0.133. The molecule has 1 aromatic carbocycles. The molecule has 0 aliphatic carbocycles. The van der Waals surface area contributed by atoms with Crippen molar-refractivity contribution in [3.05, 3.63) is 51.7 Å². The monoisotopic (exact) mass is 270 g/mol. The first-order valence-corrected chi connectivity index (χ1v) is 6.78. The van der Waals surface area contributed by atoms with E-state index in [2.05, 4.69) is 17.2 Å². The number of thiophene rings is 1. The first-order chi connectivity index (χ1) is 9.20. The second kappa shape index (κ2) is 6.19. The van der Waals surface area contributed by atoms with Crippen LogP contribution in [0.1, 0.15) is 21.5 Å². The number of hydrogen-bond acceptors (Lipinski definition) is 3. The summed E-state index contributed by atoms with van der Waals surface area (Å²) in [4.78, 5) is 11.9. The maximum absolute atomic E-state index is 11.9. The van der Waals surface area contributed by atoms with Crippen LogP contribution in [0.2, 0.25) is 0 Å². The molecule has 0 fully saturated rings. The highest BCUT2D eigenvalue weighted by Crippen LogP contribution is 2.16. The lowest BCUT2D eigenvalue weighted by Gasteiger charge is -2.06. The molecule has 1 amide bonds. The number of nitrogens with two attached hydrogens (primary N) is 1. The Hall–Kier alpha value is -2.09. The van der Waals surface area contributed by atoms with E-state index >= 15 is 0 Å². The molecule has 0 aliphatic rings. The summed E-state index contributed by atoms with van der Waals surface area (Å²) in [6.07, 6.45) is 0. The predicted molar refractivity (Wildman–Crippen MR) is 79.4 cm³/mol.